The maximum absolute atomic E-state index is 13.6. The van der Waals surface area contributed by atoms with Crippen LogP contribution in [-0.4, -0.2) is 177 Å². The minimum Gasteiger partial charge on any atom is -0.496 e. The zero-order valence-corrected chi connectivity index (χ0v) is 53.5. The van der Waals surface area contributed by atoms with Crippen molar-refractivity contribution in [3.8, 4) is 85.0 Å². The second kappa shape index (κ2) is 28.6. The third-order valence-electron chi connectivity index (χ3n) is 16.2. The number of piperazine rings is 1. The van der Waals surface area contributed by atoms with Crippen molar-refractivity contribution >= 4 is 77.8 Å². The second-order valence-corrected chi connectivity index (χ2v) is 24.2. The fraction of sp³-hybridized carbons (Fsp3) is 0.385. The molecule has 4 aromatic carbocycles. The number of aromatic amines is 2. The van der Waals surface area contributed by atoms with Crippen LogP contribution >= 0.6 is 0 Å². The zero-order chi connectivity index (χ0) is 64.4. The van der Waals surface area contributed by atoms with Crippen molar-refractivity contribution in [2.24, 2.45) is 0 Å². The van der Waals surface area contributed by atoms with Gasteiger partial charge in [0, 0.05) is 83.3 Å². The number of sulfonamides is 1. The SMILES string of the molecule is C.C.COc1cc2c(cc1-c1c(C)noc1C)[nH]c1nc(C)nc(-c3ccc(C(=O)N4CCN(C)CC4)c4c3OCCO4)c12.COc1cc2c(cc1-c1c(C)noc1C)[nH]c1nc(C)nc(-c3ccc(OC=O)c4c3OCCO4)c12.CS(=O)(=O)N1CCCCC1.O=S=O. The lowest BCUT2D eigenvalue weighted by molar-refractivity contribution is -0.120. The van der Waals surface area contributed by atoms with E-state index < -0.39 is 21.6 Å². The quantitative estimate of drug-likeness (QED) is 0.120. The van der Waals surface area contributed by atoms with Gasteiger partial charge in [0.2, 0.25) is 15.8 Å². The highest BCUT2D eigenvalue weighted by Crippen LogP contribution is 2.50. The third kappa shape index (κ3) is 13.4. The molecule has 4 aliphatic rings. The van der Waals surface area contributed by atoms with Crippen LogP contribution in [0.2, 0.25) is 0 Å². The Morgan fingerprint density at radius 2 is 1.04 bits per heavy atom. The Kier molecular flexibility index (Phi) is 20.8. The van der Waals surface area contributed by atoms with E-state index in [-0.39, 0.29) is 26.5 Å². The summed E-state index contributed by atoms with van der Waals surface area (Å²) in [6.45, 7) is 17.5. The smallest absolute Gasteiger partial charge is 0.335 e. The number of hydrogen-bond donors (Lipinski definition) is 2. The summed E-state index contributed by atoms with van der Waals surface area (Å²) in [6, 6.07) is 15.2. The Morgan fingerprint density at radius 3 is 1.47 bits per heavy atom. The van der Waals surface area contributed by atoms with Gasteiger partial charge in [0.25, 0.3) is 12.4 Å². The van der Waals surface area contributed by atoms with E-state index in [0.29, 0.717) is 137 Å². The monoisotopic (exact) mass is 1310 g/mol. The highest BCUT2D eigenvalue weighted by atomic mass is 32.2. The first kappa shape index (κ1) is 67.9. The molecule has 4 aliphatic heterocycles. The van der Waals surface area contributed by atoms with Crippen LogP contribution in [-0.2, 0) is 26.4 Å². The standard InChI is InChI=1S/C31H32N6O5.C26H22N4O6.C6H13NO2S.2CH4.O2S/c1-16-25(17(2)42-35-16)22-14-23-21(15-24(22)39-5)26-27(32-18(3)33-30(26)34-23)19-6-7-20(29-28(19)40-12-13-41-29)31(38)37-10-8-36(4)9-11-37;1-12-21(13(2)36-30-12)17-9-18-16(10-20(17)32-4)22-23(27-14(3)28-26(22)29-18)15-5-6-19(35-11-31)25-24(15)33-7-8-34-25;1-10(8,9)7-5-3-2-4-6-7;;;1-3-2/h6-7,14-15H,8-13H2,1-5H3,(H,32,33,34);5-6,9-11H,7-8H2,1-4H3,(H,27,28,29);2-6H2,1H3;2*1H4;. The first-order valence-electron chi connectivity index (χ1n) is 29.3. The van der Waals surface area contributed by atoms with Gasteiger partial charge in [-0.2, -0.15) is 8.42 Å². The number of carbonyl (C=O) groups is 2. The number of nitrogens with zero attached hydrogens (tertiary/aromatic N) is 9. The molecule has 14 rings (SSSR count). The number of likely N-dealkylation sites (N-methyl/N-ethyl adjacent to an activating group) is 1. The second-order valence-electron chi connectivity index (χ2n) is 22.1. The number of piperidine rings is 1. The number of aromatic nitrogens is 8. The van der Waals surface area contributed by atoms with Crippen LogP contribution in [0.1, 0.15) is 79.0 Å². The summed E-state index contributed by atoms with van der Waals surface area (Å²) < 4.78 is 91.6. The molecule has 2 saturated heterocycles. The van der Waals surface area contributed by atoms with Crippen LogP contribution < -0.4 is 33.2 Å². The van der Waals surface area contributed by atoms with Gasteiger partial charge in [-0.15, -0.1) is 0 Å². The largest absolute Gasteiger partial charge is 0.496 e. The van der Waals surface area contributed by atoms with Gasteiger partial charge >= 0.3 is 11.6 Å². The van der Waals surface area contributed by atoms with Crippen LogP contribution in [0.15, 0.2) is 57.6 Å². The summed E-state index contributed by atoms with van der Waals surface area (Å²) in [5, 5.41) is 11.6. The average Bonchev–Trinajstić information content (AvgIpc) is 1.62. The molecule has 2 N–H and O–H groups in total. The number of H-pyrrole nitrogens is 2. The van der Waals surface area contributed by atoms with Gasteiger partial charge in [-0.05, 0) is 110 Å². The number of amides is 1. The molecule has 0 radical (unpaired) electrons. The number of benzene rings is 4. The van der Waals surface area contributed by atoms with Gasteiger partial charge in [-0.3, -0.25) is 9.59 Å². The lowest BCUT2D eigenvalue weighted by Crippen LogP contribution is -2.47. The normalized spacial score (nSPS) is 14.5. The summed E-state index contributed by atoms with van der Waals surface area (Å²) in [5.41, 5.74) is 11.5. The number of hydrogen-bond acceptors (Lipinski definition) is 22. The number of fused-ring (bicyclic) bond motifs is 8. The van der Waals surface area contributed by atoms with Crippen LogP contribution in [0.3, 0.4) is 0 Å². The summed E-state index contributed by atoms with van der Waals surface area (Å²) in [4.78, 5) is 54.7. The predicted molar refractivity (Wildman–Crippen MR) is 351 cm³/mol. The van der Waals surface area contributed by atoms with E-state index in [4.69, 9.17) is 65.6 Å². The number of carbonyl (C=O) groups excluding carboxylic acids is 2. The molecule has 2 fully saturated rings. The lowest BCUT2D eigenvalue weighted by atomic mass is 9.98. The Labute approximate surface area is 540 Å². The Bertz CT molecular complexity index is 4560. The molecular weight excluding hydrogens is 1240 g/mol. The molecule has 0 bridgehead atoms. The van der Waals surface area contributed by atoms with E-state index in [1.807, 2.05) is 88.9 Å². The molecule has 28 heteroatoms. The third-order valence-corrected chi connectivity index (χ3v) is 17.5. The molecule has 0 aliphatic carbocycles. The Balaban J connectivity index is 0.000000182. The number of rotatable bonds is 10. The van der Waals surface area contributed by atoms with Crippen molar-refractivity contribution in [1.82, 2.24) is 54.3 Å². The molecule has 26 nitrogen and oxygen atoms in total. The summed E-state index contributed by atoms with van der Waals surface area (Å²) >= 11 is -0.750. The Hall–Kier alpha value is -9.51. The van der Waals surface area contributed by atoms with Crippen molar-refractivity contribution in [2.45, 2.75) is 75.7 Å². The van der Waals surface area contributed by atoms with Gasteiger partial charge < -0.3 is 62.0 Å². The average molecular weight is 1310 g/mol. The summed E-state index contributed by atoms with van der Waals surface area (Å²) in [5.74, 6) is 6.01. The summed E-state index contributed by atoms with van der Waals surface area (Å²) in [7, 11) is 2.46. The molecule has 0 atom stereocenters. The topological polar surface area (TPSA) is 312 Å². The van der Waals surface area contributed by atoms with Gasteiger partial charge in [-0.25, -0.2) is 32.7 Å². The van der Waals surface area contributed by atoms with Gasteiger partial charge in [-0.1, -0.05) is 31.6 Å². The molecule has 0 spiro atoms. The van der Waals surface area contributed by atoms with E-state index in [1.165, 1.54) is 12.7 Å². The fourth-order valence-corrected chi connectivity index (χ4v) is 13.0. The number of aryl methyl sites for hydroxylation is 6. The number of nitrogens with one attached hydrogen (secondary N) is 2. The van der Waals surface area contributed by atoms with Crippen molar-refractivity contribution in [3.63, 3.8) is 0 Å². The zero-order valence-electron chi connectivity index (χ0n) is 51.9. The molecule has 10 aromatic rings. The molecule has 10 heterocycles. The van der Waals surface area contributed by atoms with Crippen molar-refractivity contribution in [3.05, 3.63) is 88.7 Å². The highest BCUT2D eigenvalue weighted by molar-refractivity contribution is 7.88. The van der Waals surface area contributed by atoms with Crippen LogP contribution in [0.4, 0.5) is 0 Å². The molecule has 492 valence electrons. The first-order chi connectivity index (χ1) is 43.8. The molecule has 0 unspecified atom stereocenters. The lowest BCUT2D eigenvalue weighted by Gasteiger charge is -2.33. The van der Waals surface area contributed by atoms with Crippen LogP contribution in [0.5, 0.6) is 40.2 Å². The van der Waals surface area contributed by atoms with E-state index in [1.54, 1.807) is 24.6 Å². The predicted octanol–water partition coefficient (Wildman–Crippen LogP) is 10.2. The van der Waals surface area contributed by atoms with E-state index >= 15 is 0 Å². The van der Waals surface area contributed by atoms with Gasteiger partial charge in [0.15, 0.2) is 23.0 Å². The van der Waals surface area contributed by atoms with Gasteiger partial charge in [0.1, 0.15) is 72.4 Å². The van der Waals surface area contributed by atoms with Gasteiger partial charge in [0.05, 0.1) is 70.7 Å². The maximum atomic E-state index is 13.6. The van der Waals surface area contributed by atoms with E-state index in [2.05, 4.69) is 37.2 Å². The first-order valence-corrected chi connectivity index (χ1v) is 31.8. The molecular formula is C65H75N11O15S2. The molecule has 6 aromatic heterocycles. The molecule has 1 amide bonds. The maximum Gasteiger partial charge on any atom is 0.335 e. The minimum absolute atomic E-state index is 0. The Morgan fingerprint density at radius 1 is 0.591 bits per heavy atom. The fourth-order valence-electron chi connectivity index (χ4n) is 12.0. The van der Waals surface area contributed by atoms with Crippen LogP contribution in [0, 0.1) is 41.5 Å². The van der Waals surface area contributed by atoms with Crippen LogP contribution in [0.25, 0.3) is 88.6 Å². The van der Waals surface area contributed by atoms with E-state index in [9.17, 15) is 18.0 Å². The molecule has 93 heavy (non-hydrogen) atoms. The van der Waals surface area contributed by atoms with Crippen molar-refractivity contribution in [1.29, 1.82) is 0 Å². The summed E-state index contributed by atoms with van der Waals surface area (Å²) in [6.07, 6.45) is 4.49. The van der Waals surface area contributed by atoms with Crippen molar-refractivity contribution in [2.75, 3.05) is 93.2 Å². The number of ether oxygens (including phenoxy) is 7. The molecule has 0 saturated carbocycles. The van der Waals surface area contributed by atoms with E-state index in [0.717, 1.165) is 111 Å². The number of methoxy groups -OCH3 is 2. The highest BCUT2D eigenvalue weighted by Gasteiger charge is 2.32. The van der Waals surface area contributed by atoms with Crippen molar-refractivity contribution < 1.29 is 68.6 Å². The minimum atomic E-state index is -2.89.